The summed E-state index contributed by atoms with van der Waals surface area (Å²) in [6.07, 6.45) is 5.64. The summed E-state index contributed by atoms with van der Waals surface area (Å²) in [5, 5.41) is 10.9. The summed E-state index contributed by atoms with van der Waals surface area (Å²) >= 11 is 0. The van der Waals surface area contributed by atoms with E-state index in [4.69, 9.17) is 0 Å². The van der Waals surface area contributed by atoms with Gasteiger partial charge in [0.25, 0.3) is 0 Å². The van der Waals surface area contributed by atoms with Gasteiger partial charge in [-0.3, -0.25) is 4.98 Å². The smallest absolute Gasteiger partial charge is 0.191 e. The minimum Gasteiger partial charge on any atom is -0.357 e. The molecule has 0 spiro atoms. The molecule has 2 N–H and O–H groups in total. The number of pyridine rings is 1. The summed E-state index contributed by atoms with van der Waals surface area (Å²) < 4.78 is 1.86. The lowest BCUT2D eigenvalue weighted by Crippen LogP contribution is -2.36. The first-order valence-corrected chi connectivity index (χ1v) is 8.36. The van der Waals surface area contributed by atoms with Crippen molar-refractivity contribution in [2.24, 2.45) is 4.99 Å². The van der Waals surface area contributed by atoms with Gasteiger partial charge in [0, 0.05) is 24.5 Å². The maximum Gasteiger partial charge on any atom is 0.191 e. The molecule has 0 saturated carbocycles. The number of aliphatic imine (C=N–C) groups is 1. The molecule has 0 radical (unpaired) electrons. The SMILES string of the molecule is CCNC(=NCc1cnn(-c2ccccc2)c1)NCc1ccccn1. The molecule has 0 amide bonds. The standard InChI is InChI=1S/C19H22N6/c1-2-20-19(23-14-17-8-6-7-11-21-17)22-12-16-13-24-25(15-16)18-9-4-3-5-10-18/h3-11,13,15H,2,12,14H2,1H3,(H2,20,22,23). The van der Waals surface area contributed by atoms with Crippen molar-refractivity contribution in [2.45, 2.75) is 20.0 Å². The molecule has 0 bridgehead atoms. The predicted molar refractivity (Wildman–Crippen MR) is 99.5 cm³/mol. The van der Waals surface area contributed by atoms with Crippen molar-refractivity contribution in [3.05, 3.63) is 78.4 Å². The van der Waals surface area contributed by atoms with Crippen LogP contribution in [0.2, 0.25) is 0 Å². The summed E-state index contributed by atoms with van der Waals surface area (Å²) in [6, 6.07) is 15.9. The molecular weight excluding hydrogens is 312 g/mol. The Hall–Kier alpha value is -3.15. The van der Waals surface area contributed by atoms with Crippen LogP contribution in [0, 0.1) is 0 Å². The second-order valence-electron chi connectivity index (χ2n) is 5.50. The molecule has 3 aromatic rings. The number of hydrogen-bond donors (Lipinski definition) is 2. The highest BCUT2D eigenvalue weighted by Gasteiger charge is 2.02. The summed E-state index contributed by atoms with van der Waals surface area (Å²) in [5.41, 5.74) is 3.07. The summed E-state index contributed by atoms with van der Waals surface area (Å²) in [4.78, 5) is 8.93. The lowest BCUT2D eigenvalue weighted by atomic mass is 10.3. The average Bonchev–Trinajstić information content (AvgIpc) is 3.15. The fourth-order valence-corrected chi connectivity index (χ4v) is 2.35. The fourth-order valence-electron chi connectivity index (χ4n) is 2.35. The van der Waals surface area contributed by atoms with Crippen molar-refractivity contribution in [1.29, 1.82) is 0 Å². The Bertz CT molecular complexity index is 795. The highest BCUT2D eigenvalue weighted by atomic mass is 15.3. The Morgan fingerprint density at radius 2 is 1.92 bits per heavy atom. The number of hydrogen-bond acceptors (Lipinski definition) is 3. The van der Waals surface area contributed by atoms with Gasteiger partial charge >= 0.3 is 0 Å². The zero-order chi connectivity index (χ0) is 17.3. The number of para-hydroxylation sites is 1. The van der Waals surface area contributed by atoms with Crippen molar-refractivity contribution >= 4 is 5.96 Å². The molecule has 0 aliphatic rings. The Morgan fingerprint density at radius 3 is 2.68 bits per heavy atom. The Labute approximate surface area is 147 Å². The molecule has 25 heavy (non-hydrogen) atoms. The van der Waals surface area contributed by atoms with E-state index >= 15 is 0 Å². The largest absolute Gasteiger partial charge is 0.357 e. The van der Waals surface area contributed by atoms with Gasteiger partial charge in [-0.1, -0.05) is 24.3 Å². The third kappa shape index (κ3) is 4.91. The third-order valence-electron chi connectivity index (χ3n) is 3.58. The van der Waals surface area contributed by atoms with Crippen LogP contribution >= 0.6 is 0 Å². The van der Waals surface area contributed by atoms with E-state index in [1.54, 1.807) is 6.20 Å². The van der Waals surface area contributed by atoms with Gasteiger partial charge in [0.15, 0.2) is 5.96 Å². The average molecular weight is 334 g/mol. The van der Waals surface area contributed by atoms with Crippen molar-refractivity contribution in [1.82, 2.24) is 25.4 Å². The highest BCUT2D eigenvalue weighted by Crippen LogP contribution is 2.08. The van der Waals surface area contributed by atoms with E-state index in [9.17, 15) is 0 Å². The van der Waals surface area contributed by atoms with E-state index in [0.717, 1.165) is 29.4 Å². The molecule has 0 aliphatic carbocycles. The molecule has 6 nitrogen and oxygen atoms in total. The minimum absolute atomic E-state index is 0.560. The fraction of sp³-hybridized carbons (Fsp3) is 0.211. The monoisotopic (exact) mass is 334 g/mol. The van der Waals surface area contributed by atoms with E-state index in [2.05, 4.69) is 25.7 Å². The van der Waals surface area contributed by atoms with Gasteiger partial charge in [-0.25, -0.2) is 9.67 Å². The first-order chi connectivity index (χ1) is 12.3. The van der Waals surface area contributed by atoms with Gasteiger partial charge < -0.3 is 10.6 Å². The Kier molecular flexibility index (Phi) is 5.77. The zero-order valence-electron chi connectivity index (χ0n) is 14.3. The Balaban J connectivity index is 1.62. The first-order valence-electron chi connectivity index (χ1n) is 8.36. The first kappa shape index (κ1) is 16.7. The number of rotatable bonds is 6. The molecule has 6 heteroatoms. The Morgan fingerprint density at radius 1 is 1.08 bits per heavy atom. The molecule has 2 aromatic heterocycles. The lowest BCUT2D eigenvalue weighted by molar-refractivity contribution is 0.799. The van der Waals surface area contributed by atoms with Gasteiger partial charge in [0.05, 0.1) is 30.7 Å². The van der Waals surface area contributed by atoms with Crippen LogP contribution in [-0.2, 0) is 13.1 Å². The molecule has 0 atom stereocenters. The van der Waals surface area contributed by atoms with Crippen LogP contribution in [0.5, 0.6) is 0 Å². The van der Waals surface area contributed by atoms with Gasteiger partial charge in [-0.2, -0.15) is 5.10 Å². The van der Waals surface area contributed by atoms with Crippen LogP contribution in [0.4, 0.5) is 0 Å². The molecule has 0 unspecified atom stereocenters. The third-order valence-corrected chi connectivity index (χ3v) is 3.58. The van der Waals surface area contributed by atoms with Crippen LogP contribution in [0.25, 0.3) is 5.69 Å². The molecule has 1 aromatic carbocycles. The van der Waals surface area contributed by atoms with E-state index in [1.165, 1.54) is 0 Å². The van der Waals surface area contributed by atoms with Crippen molar-refractivity contribution in [2.75, 3.05) is 6.54 Å². The van der Waals surface area contributed by atoms with Crippen LogP contribution in [-0.4, -0.2) is 27.3 Å². The van der Waals surface area contributed by atoms with E-state index in [1.807, 2.05) is 72.5 Å². The molecular formula is C19H22N6. The molecule has 0 aliphatic heterocycles. The highest BCUT2D eigenvalue weighted by molar-refractivity contribution is 5.79. The summed E-state index contributed by atoms with van der Waals surface area (Å²) in [5.74, 6) is 0.764. The van der Waals surface area contributed by atoms with Crippen molar-refractivity contribution in [3.63, 3.8) is 0 Å². The predicted octanol–water partition coefficient (Wildman–Crippen LogP) is 2.52. The van der Waals surface area contributed by atoms with Crippen LogP contribution in [0.3, 0.4) is 0 Å². The number of nitrogens with zero attached hydrogens (tertiary/aromatic N) is 4. The molecule has 128 valence electrons. The normalized spacial score (nSPS) is 11.3. The van der Waals surface area contributed by atoms with E-state index < -0.39 is 0 Å². The van der Waals surface area contributed by atoms with E-state index in [0.29, 0.717) is 13.1 Å². The van der Waals surface area contributed by atoms with Gasteiger partial charge in [-0.15, -0.1) is 0 Å². The van der Waals surface area contributed by atoms with Crippen LogP contribution < -0.4 is 10.6 Å². The number of guanidine groups is 1. The van der Waals surface area contributed by atoms with Gasteiger partial charge in [-0.05, 0) is 31.2 Å². The molecule has 2 heterocycles. The van der Waals surface area contributed by atoms with Crippen molar-refractivity contribution < 1.29 is 0 Å². The second-order valence-corrected chi connectivity index (χ2v) is 5.50. The maximum atomic E-state index is 4.62. The number of aromatic nitrogens is 3. The zero-order valence-corrected chi connectivity index (χ0v) is 14.3. The minimum atomic E-state index is 0.560. The topological polar surface area (TPSA) is 67.1 Å². The van der Waals surface area contributed by atoms with E-state index in [-0.39, 0.29) is 0 Å². The van der Waals surface area contributed by atoms with Gasteiger partial charge in [0.1, 0.15) is 0 Å². The molecule has 0 saturated heterocycles. The van der Waals surface area contributed by atoms with Crippen LogP contribution in [0.1, 0.15) is 18.2 Å². The quantitative estimate of drug-likeness (QED) is 0.537. The van der Waals surface area contributed by atoms with Crippen LogP contribution in [0.15, 0.2) is 72.1 Å². The van der Waals surface area contributed by atoms with Crippen molar-refractivity contribution in [3.8, 4) is 5.69 Å². The second kappa shape index (κ2) is 8.63. The maximum absolute atomic E-state index is 4.62. The van der Waals surface area contributed by atoms with Gasteiger partial charge in [0.2, 0.25) is 0 Å². The number of nitrogens with one attached hydrogen (secondary N) is 2. The summed E-state index contributed by atoms with van der Waals surface area (Å²) in [6.45, 7) is 4.04. The number of benzene rings is 1. The summed E-state index contributed by atoms with van der Waals surface area (Å²) in [7, 11) is 0. The molecule has 3 rings (SSSR count). The lowest BCUT2D eigenvalue weighted by Gasteiger charge is -2.10. The molecule has 0 fully saturated rings.